The predicted molar refractivity (Wildman–Crippen MR) is 80.1 cm³/mol. The fourth-order valence-corrected chi connectivity index (χ4v) is 2.62. The molecule has 6 heteroatoms. The Morgan fingerprint density at radius 3 is 2.85 bits per heavy atom. The molecule has 0 saturated heterocycles. The first kappa shape index (κ1) is 14.3. The van der Waals surface area contributed by atoms with Crippen molar-refractivity contribution in [3.05, 3.63) is 42.4 Å². The van der Waals surface area contributed by atoms with Gasteiger partial charge in [-0.25, -0.2) is 8.42 Å². The molecule has 0 saturated carbocycles. The number of hydrogen-bond acceptors (Lipinski definition) is 3. The van der Waals surface area contributed by atoms with E-state index in [-0.39, 0.29) is 18.1 Å². The molecule has 0 spiro atoms. The number of aromatic nitrogens is 1. The van der Waals surface area contributed by atoms with Gasteiger partial charge in [0.2, 0.25) is 5.91 Å². The number of benzene rings is 1. The Morgan fingerprint density at radius 1 is 1.40 bits per heavy atom. The monoisotopic (exact) mass is 292 g/mol. The summed E-state index contributed by atoms with van der Waals surface area (Å²) < 4.78 is 24.5. The normalized spacial score (nSPS) is 11.4. The SMILES string of the molecule is C=CS(=O)(=O)CCC(=O)Nc1cccc2ccn(C)c12. The Balaban J connectivity index is 2.14. The Hall–Kier alpha value is -2.08. The number of amides is 1. The van der Waals surface area contributed by atoms with E-state index < -0.39 is 9.84 Å². The summed E-state index contributed by atoms with van der Waals surface area (Å²) in [5.74, 6) is -0.560. The van der Waals surface area contributed by atoms with Crippen LogP contribution in [0.25, 0.3) is 10.9 Å². The molecule has 0 aliphatic rings. The Kier molecular flexibility index (Phi) is 3.94. The first-order valence-corrected chi connectivity index (χ1v) is 7.83. The van der Waals surface area contributed by atoms with E-state index in [1.54, 1.807) is 6.07 Å². The van der Waals surface area contributed by atoms with E-state index in [1.807, 2.05) is 36.0 Å². The smallest absolute Gasteiger partial charge is 0.225 e. The number of carbonyl (C=O) groups is 1. The van der Waals surface area contributed by atoms with Gasteiger partial charge < -0.3 is 9.88 Å². The third-order valence-electron chi connectivity index (χ3n) is 3.04. The van der Waals surface area contributed by atoms with Crippen LogP contribution in [0.4, 0.5) is 5.69 Å². The van der Waals surface area contributed by atoms with Gasteiger partial charge in [-0.05, 0) is 12.1 Å². The van der Waals surface area contributed by atoms with Gasteiger partial charge in [0.15, 0.2) is 9.84 Å². The number of rotatable bonds is 5. The fraction of sp³-hybridized carbons (Fsp3) is 0.214. The van der Waals surface area contributed by atoms with Crippen molar-refractivity contribution in [2.45, 2.75) is 6.42 Å². The predicted octanol–water partition coefficient (Wildman–Crippen LogP) is 2.07. The highest BCUT2D eigenvalue weighted by atomic mass is 32.2. The van der Waals surface area contributed by atoms with Gasteiger partial charge in [-0.2, -0.15) is 0 Å². The molecule has 1 aromatic heterocycles. The number of anilines is 1. The van der Waals surface area contributed by atoms with Crippen molar-refractivity contribution < 1.29 is 13.2 Å². The molecule has 1 amide bonds. The van der Waals surface area contributed by atoms with Gasteiger partial charge >= 0.3 is 0 Å². The van der Waals surface area contributed by atoms with Gasteiger partial charge in [-0.1, -0.05) is 18.7 Å². The Bertz CT molecular complexity index is 760. The summed E-state index contributed by atoms with van der Waals surface area (Å²) in [6.07, 6.45) is 1.82. The van der Waals surface area contributed by atoms with E-state index in [9.17, 15) is 13.2 Å². The summed E-state index contributed by atoms with van der Waals surface area (Å²) >= 11 is 0. The summed E-state index contributed by atoms with van der Waals surface area (Å²) in [4.78, 5) is 11.8. The van der Waals surface area contributed by atoms with E-state index in [4.69, 9.17) is 0 Å². The van der Waals surface area contributed by atoms with Gasteiger partial charge in [0.05, 0.1) is 17.0 Å². The number of carbonyl (C=O) groups excluding carboxylic acids is 1. The third kappa shape index (κ3) is 3.08. The van der Waals surface area contributed by atoms with Crippen LogP contribution in [0.1, 0.15) is 6.42 Å². The minimum Gasteiger partial charge on any atom is -0.349 e. The standard InChI is InChI=1S/C14H16N2O3S/c1-3-20(18,19)10-8-13(17)15-12-6-4-5-11-7-9-16(2)14(11)12/h3-7,9H,1,8,10H2,2H3,(H,15,17). The van der Waals surface area contributed by atoms with E-state index >= 15 is 0 Å². The second-order valence-electron chi connectivity index (χ2n) is 4.50. The summed E-state index contributed by atoms with van der Waals surface area (Å²) in [5, 5.41) is 4.64. The number of sulfone groups is 1. The van der Waals surface area contributed by atoms with Crippen molar-refractivity contribution in [2.75, 3.05) is 11.1 Å². The number of hydrogen-bond donors (Lipinski definition) is 1. The van der Waals surface area contributed by atoms with E-state index in [0.717, 1.165) is 16.3 Å². The lowest BCUT2D eigenvalue weighted by Crippen LogP contribution is -2.16. The van der Waals surface area contributed by atoms with Gasteiger partial charge in [-0.3, -0.25) is 4.79 Å². The van der Waals surface area contributed by atoms with Crippen molar-refractivity contribution in [1.29, 1.82) is 0 Å². The Morgan fingerprint density at radius 2 is 2.15 bits per heavy atom. The topological polar surface area (TPSA) is 68.2 Å². The number of nitrogens with zero attached hydrogens (tertiary/aromatic N) is 1. The number of fused-ring (bicyclic) bond motifs is 1. The van der Waals surface area contributed by atoms with Crippen LogP contribution in [0, 0.1) is 0 Å². The highest BCUT2D eigenvalue weighted by Crippen LogP contribution is 2.23. The van der Waals surface area contributed by atoms with Crippen LogP contribution >= 0.6 is 0 Å². The molecule has 0 atom stereocenters. The molecule has 0 unspecified atom stereocenters. The second kappa shape index (κ2) is 5.50. The molecule has 0 bridgehead atoms. The minimum atomic E-state index is -3.35. The van der Waals surface area contributed by atoms with Crippen LogP contribution < -0.4 is 5.32 Å². The molecular weight excluding hydrogens is 276 g/mol. The lowest BCUT2D eigenvalue weighted by Gasteiger charge is -2.08. The molecule has 2 aromatic rings. The number of nitrogens with one attached hydrogen (secondary N) is 1. The van der Waals surface area contributed by atoms with Gasteiger partial charge in [0.1, 0.15) is 0 Å². The molecule has 20 heavy (non-hydrogen) atoms. The van der Waals surface area contributed by atoms with Gasteiger partial charge in [0, 0.05) is 30.5 Å². The molecule has 0 aliphatic carbocycles. The van der Waals surface area contributed by atoms with Crippen molar-refractivity contribution in [2.24, 2.45) is 7.05 Å². The molecule has 106 valence electrons. The van der Waals surface area contributed by atoms with Crippen molar-refractivity contribution >= 4 is 32.3 Å². The molecule has 1 aromatic carbocycles. The summed E-state index contributed by atoms with van der Waals surface area (Å²) in [6, 6.07) is 7.54. The third-order valence-corrected chi connectivity index (χ3v) is 4.32. The zero-order valence-corrected chi connectivity index (χ0v) is 12.0. The quantitative estimate of drug-likeness (QED) is 0.917. The first-order chi connectivity index (χ1) is 9.43. The molecule has 5 nitrogen and oxygen atoms in total. The lowest BCUT2D eigenvalue weighted by molar-refractivity contribution is -0.115. The maximum absolute atomic E-state index is 11.8. The second-order valence-corrected chi connectivity index (χ2v) is 6.57. The summed E-state index contributed by atoms with van der Waals surface area (Å²) in [5.41, 5.74) is 1.59. The van der Waals surface area contributed by atoms with E-state index in [2.05, 4.69) is 11.9 Å². The van der Waals surface area contributed by atoms with Gasteiger partial charge in [-0.15, -0.1) is 0 Å². The average Bonchev–Trinajstić information content (AvgIpc) is 2.80. The minimum absolute atomic E-state index is 0.0881. The number of aryl methyl sites for hydroxylation is 1. The van der Waals surface area contributed by atoms with Crippen LogP contribution in [0.5, 0.6) is 0 Å². The number of para-hydroxylation sites is 1. The maximum Gasteiger partial charge on any atom is 0.225 e. The van der Waals surface area contributed by atoms with E-state index in [0.29, 0.717) is 5.69 Å². The molecule has 2 rings (SSSR count). The van der Waals surface area contributed by atoms with Crippen LogP contribution in [0.15, 0.2) is 42.4 Å². The Labute approximate surface area is 117 Å². The lowest BCUT2D eigenvalue weighted by atomic mass is 10.2. The fourth-order valence-electron chi connectivity index (χ4n) is 1.99. The molecule has 0 aliphatic heterocycles. The zero-order chi connectivity index (χ0) is 14.8. The van der Waals surface area contributed by atoms with Crippen LogP contribution in [-0.2, 0) is 21.7 Å². The largest absolute Gasteiger partial charge is 0.349 e. The first-order valence-electron chi connectivity index (χ1n) is 6.12. The maximum atomic E-state index is 11.8. The molecular formula is C14H16N2O3S. The summed E-state index contributed by atoms with van der Waals surface area (Å²) in [7, 11) is -1.46. The average molecular weight is 292 g/mol. The van der Waals surface area contributed by atoms with Gasteiger partial charge in [0.25, 0.3) is 0 Å². The zero-order valence-electron chi connectivity index (χ0n) is 11.2. The highest BCUT2D eigenvalue weighted by Gasteiger charge is 2.12. The highest BCUT2D eigenvalue weighted by molar-refractivity contribution is 7.94. The molecule has 1 N–H and O–H groups in total. The summed E-state index contributed by atoms with van der Waals surface area (Å²) in [6.45, 7) is 3.22. The van der Waals surface area contributed by atoms with E-state index in [1.165, 1.54) is 0 Å². The van der Waals surface area contributed by atoms with Crippen LogP contribution in [0.2, 0.25) is 0 Å². The molecule has 0 radical (unpaired) electrons. The van der Waals surface area contributed by atoms with Crippen molar-refractivity contribution in [3.8, 4) is 0 Å². The van der Waals surface area contributed by atoms with Crippen molar-refractivity contribution in [1.82, 2.24) is 4.57 Å². The molecule has 0 fully saturated rings. The van der Waals surface area contributed by atoms with Crippen molar-refractivity contribution in [3.63, 3.8) is 0 Å². The molecule has 1 heterocycles. The van der Waals surface area contributed by atoms with Crippen LogP contribution in [-0.4, -0.2) is 24.6 Å². The van der Waals surface area contributed by atoms with Crippen LogP contribution in [0.3, 0.4) is 0 Å².